The van der Waals surface area contributed by atoms with Gasteiger partial charge in [-0.3, -0.25) is 4.79 Å². The molecule has 0 fully saturated rings. The Morgan fingerprint density at radius 1 is 1.15 bits per heavy atom. The van der Waals surface area contributed by atoms with Gasteiger partial charge in [-0.15, -0.1) is 0 Å². The van der Waals surface area contributed by atoms with Gasteiger partial charge in [-0.2, -0.15) is 4.98 Å². The molecule has 0 N–H and O–H groups in total. The number of benzene rings is 2. The first-order valence-corrected chi connectivity index (χ1v) is 8.69. The van der Waals surface area contributed by atoms with Crippen molar-refractivity contribution in [2.75, 3.05) is 6.79 Å². The third kappa shape index (κ3) is 3.62. The summed E-state index contributed by atoms with van der Waals surface area (Å²) in [5.74, 6) is 1.32. The number of carbonyl (C=O) groups is 1. The van der Waals surface area contributed by atoms with Gasteiger partial charge in [0.25, 0.3) is 5.89 Å². The van der Waals surface area contributed by atoms with Crippen molar-refractivity contribution in [2.24, 2.45) is 0 Å². The molecule has 2 heterocycles. The molecule has 1 aliphatic rings. The molecule has 0 spiro atoms. The molecule has 1 aromatic heterocycles. The molecule has 0 bridgehead atoms. The fraction of sp³-hybridized carbons (Fsp3) is 0.250. The Morgan fingerprint density at radius 2 is 1.96 bits per heavy atom. The van der Waals surface area contributed by atoms with Crippen molar-refractivity contribution in [3.8, 4) is 22.9 Å². The van der Waals surface area contributed by atoms with Crippen LogP contribution in [0.25, 0.3) is 11.4 Å². The van der Waals surface area contributed by atoms with Crippen LogP contribution in [0.1, 0.15) is 30.7 Å². The predicted molar refractivity (Wildman–Crippen MR) is 95.1 cm³/mol. The third-order valence-electron chi connectivity index (χ3n) is 4.33. The number of ether oxygens (including phenoxy) is 3. The Hall–Kier alpha value is -3.35. The van der Waals surface area contributed by atoms with Gasteiger partial charge >= 0.3 is 5.97 Å². The lowest BCUT2D eigenvalue weighted by Gasteiger charge is -2.13. The van der Waals surface area contributed by atoms with Crippen molar-refractivity contribution in [1.82, 2.24) is 10.1 Å². The Bertz CT molecular complexity index is 939. The predicted octanol–water partition coefficient (Wildman–Crippen LogP) is 3.70. The van der Waals surface area contributed by atoms with Gasteiger partial charge in [0.05, 0.1) is 5.92 Å². The molecule has 1 atom stereocenters. The van der Waals surface area contributed by atoms with E-state index in [4.69, 9.17) is 18.7 Å². The van der Waals surface area contributed by atoms with Crippen molar-refractivity contribution in [3.05, 3.63) is 60.0 Å². The molecule has 27 heavy (non-hydrogen) atoms. The number of aromatic nitrogens is 2. The van der Waals surface area contributed by atoms with E-state index < -0.39 is 0 Å². The summed E-state index contributed by atoms with van der Waals surface area (Å²) in [6, 6.07) is 14.9. The first kappa shape index (κ1) is 17.1. The normalized spacial score (nSPS) is 13.4. The number of carbonyl (C=O) groups excluding carboxylic acids is 1. The highest BCUT2D eigenvalue weighted by molar-refractivity contribution is 5.78. The molecule has 1 unspecified atom stereocenters. The molecule has 0 radical (unpaired) electrons. The molecule has 138 valence electrons. The summed E-state index contributed by atoms with van der Waals surface area (Å²) >= 11 is 0. The smallest absolute Gasteiger partial charge is 0.313 e. The van der Waals surface area contributed by atoms with E-state index in [1.54, 1.807) is 12.1 Å². The molecule has 7 heteroatoms. The van der Waals surface area contributed by atoms with Crippen molar-refractivity contribution in [2.45, 2.75) is 25.9 Å². The second-order valence-corrected chi connectivity index (χ2v) is 6.06. The Kier molecular flexibility index (Phi) is 4.74. The number of hydrogen-bond acceptors (Lipinski definition) is 7. The molecular formula is C20H18N2O5. The third-order valence-corrected chi connectivity index (χ3v) is 4.33. The average molecular weight is 366 g/mol. The molecule has 7 nitrogen and oxygen atoms in total. The van der Waals surface area contributed by atoms with E-state index in [9.17, 15) is 4.79 Å². The van der Waals surface area contributed by atoms with Crippen LogP contribution in [0, 0.1) is 0 Å². The maximum absolute atomic E-state index is 12.4. The highest BCUT2D eigenvalue weighted by atomic mass is 16.7. The molecule has 0 aliphatic carbocycles. The zero-order valence-corrected chi connectivity index (χ0v) is 14.8. The molecule has 2 aromatic carbocycles. The number of nitrogens with zero attached hydrogens (tertiary/aromatic N) is 2. The van der Waals surface area contributed by atoms with Crippen LogP contribution < -0.4 is 9.47 Å². The van der Waals surface area contributed by atoms with Gasteiger partial charge in [0.2, 0.25) is 12.6 Å². The van der Waals surface area contributed by atoms with Crippen LogP contribution in [-0.4, -0.2) is 22.9 Å². The second kappa shape index (κ2) is 7.49. The monoisotopic (exact) mass is 366 g/mol. The van der Waals surface area contributed by atoms with E-state index in [-0.39, 0.29) is 31.2 Å². The number of rotatable bonds is 6. The van der Waals surface area contributed by atoms with Gasteiger partial charge < -0.3 is 18.7 Å². The maximum atomic E-state index is 12.4. The van der Waals surface area contributed by atoms with Gasteiger partial charge in [0.1, 0.15) is 0 Å². The van der Waals surface area contributed by atoms with E-state index >= 15 is 0 Å². The highest BCUT2D eigenvalue weighted by Crippen LogP contribution is 2.35. The van der Waals surface area contributed by atoms with Crippen LogP contribution >= 0.6 is 0 Å². The molecule has 0 saturated carbocycles. The summed E-state index contributed by atoms with van der Waals surface area (Å²) in [5.41, 5.74) is 1.66. The van der Waals surface area contributed by atoms with E-state index in [1.807, 2.05) is 43.3 Å². The van der Waals surface area contributed by atoms with Crippen LogP contribution in [-0.2, 0) is 16.1 Å². The lowest BCUT2D eigenvalue weighted by molar-refractivity contribution is -0.147. The quantitative estimate of drug-likeness (QED) is 0.615. The van der Waals surface area contributed by atoms with Crippen molar-refractivity contribution in [1.29, 1.82) is 0 Å². The first-order valence-electron chi connectivity index (χ1n) is 8.69. The summed E-state index contributed by atoms with van der Waals surface area (Å²) in [6.07, 6.45) is 0.648. The molecule has 3 aromatic rings. The van der Waals surface area contributed by atoms with E-state index in [0.29, 0.717) is 23.7 Å². The second-order valence-electron chi connectivity index (χ2n) is 6.06. The summed E-state index contributed by atoms with van der Waals surface area (Å²) < 4.78 is 21.2. The molecule has 4 rings (SSSR count). The van der Waals surface area contributed by atoms with Crippen LogP contribution in [0.2, 0.25) is 0 Å². The minimum atomic E-state index is -0.317. The fourth-order valence-electron chi connectivity index (χ4n) is 2.92. The van der Waals surface area contributed by atoms with Crippen molar-refractivity contribution < 1.29 is 23.5 Å². The first-order chi connectivity index (χ1) is 13.2. The molecule has 1 aliphatic heterocycles. The zero-order valence-electron chi connectivity index (χ0n) is 14.8. The minimum Gasteiger partial charge on any atom is -0.455 e. The van der Waals surface area contributed by atoms with Gasteiger partial charge in [-0.25, -0.2) is 0 Å². The van der Waals surface area contributed by atoms with E-state index in [1.165, 1.54) is 0 Å². The summed E-state index contributed by atoms with van der Waals surface area (Å²) in [5, 5.41) is 3.94. The Balaban J connectivity index is 1.41. The number of fused-ring (bicyclic) bond motifs is 1. The summed E-state index contributed by atoms with van der Waals surface area (Å²) in [4.78, 5) is 16.7. The summed E-state index contributed by atoms with van der Waals surface area (Å²) in [6.45, 7) is 2.08. The topological polar surface area (TPSA) is 83.7 Å². The largest absolute Gasteiger partial charge is 0.455 e. The molecule has 0 amide bonds. The van der Waals surface area contributed by atoms with Crippen LogP contribution in [0.15, 0.2) is 53.1 Å². The lowest BCUT2D eigenvalue weighted by Crippen LogP contribution is -2.15. The molecule has 0 saturated heterocycles. The standard InChI is InChI=1S/C20H18N2O5/c1-2-15(13-6-4-3-5-7-13)20(23)24-11-18-21-19(22-27-18)14-8-9-16-17(10-14)26-12-25-16/h3-10,15H,2,11-12H2,1H3. The van der Waals surface area contributed by atoms with Gasteiger partial charge in [0.15, 0.2) is 18.1 Å². The van der Waals surface area contributed by atoms with E-state index in [2.05, 4.69) is 10.1 Å². The average Bonchev–Trinajstić information content (AvgIpc) is 3.36. The van der Waals surface area contributed by atoms with Crippen LogP contribution in [0.5, 0.6) is 11.5 Å². The summed E-state index contributed by atoms with van der Waals surface area (Å²) in [7, 11) is 0. The number of esters is 1. The minimum absolute atomic E-state index is 0.0697. The van der Waals surface area contributed by atoms with Gasteiger partial charge in [-0.1, -0.05) is 42.4 Å². The van der Waals surface area contributed by atoms with Crippen LogP contribution in [0.4, 0.5) is 0 Å². The van der Waals surface area contributed by atoms with Crippen LogP contribution in [0.3, 0.4) is 0 Å². The van der Waals surface area contributed by atoms with Crippen molar-refractivity contribution >= 4 is 5.97 Å². The number of hydrogen-bond donors (Lipinski definition) is 0. The fourth-order valence-corrected chi connectivity index (χ4v) is 2.92. The van der Waals surface area contributed by atoms with E-state index in [0.717, 1.165) is 11.1 Å². The zero-order chi connectivity index (χ0) is 18.6. The molecular weight excluding hydrogens is 348 g/mol. The van der Waals surface area contributed by atoms with Gasteiger partial charge in [-0.05, 0) is 30.2 Å². The van der Waals surface area contributed by atoms with Gasteiger partial charge in [0, 0.05) is 5.56 Å². The Labute approximate surface area is 155 Å². The Morgan fingerprint density at radius 3 is 2.78 bits per heavy atom. The maximum Gasteiger partial charge on any atom is 0.313 e. The highest BCUT2D eigenvalue weighted by Gasteiger charge is 2.21. The van der Waals surface area contributed by atoms with Crippen molar-refractivity contribution in [3.63, 3.8) is 0 Å². The lowest BCUT2D eigenvalue weighted by atomic mass is 9.97. The SMILES string of the molecule is CCC(C(=O)OCc1nc(-c2ccc3c(c2)OCO3)no1)c1ccccc1.